The number of H-pyrrole nitrogens is 1. The Morgan fingerprint density at radius 3 is 2.18 bits per heavy atom. The van der Waals surface area contributed by atoms with Crippen molar-refractivity contribution < 1.29 is 34.2 Å². The lowest BCUT2D eigenvalue weighted by atomic mass is 9.96. The third-order valence-corrected chi connectivity index (χ3v) is 6.30. The van der Waals surface area contributed by atoms with Crippen LogP contribution >= 0.6 is 0 Å². The maximum Gasteiger partial charge on any atom is 0.326 e. The average molecular weight is 545 g/mol. The molecule has 5 atom stereocenters. The summed E-state index contributed by atoms with van der Waals surface area (Å²) in [6.07, 6.45) is 2.67. The number of aliphatic carboxylic acids is 2. The topological polar surface area (TPSA) is 217 Å². The van der Waals surface area contributed by atoms with E-state index in [4.69, 9.17) is 10.8 Å². The molecule has 0 aliphatic rings. The zero-order chi connectivity index (χ0) is 28.9. The van der Waals surface area contributed by atoms with Gasteiger partial charge in [-0.2, -0.15) is 0 Å². The van der Waals surface area contributed by atoms with E-state index in [9.17, 15) is 29.1 Å². The highest BCUT2D eigenvalue weighted by Crippen LogP contribution is 2.11. The van der Waals surface area contributed by atoms with Gasteiger partial charge in [-0.15, -0.1) is 0 Å². The summed E-state index contributed by atoms with van der Waals surface area (Å²) in [6.45, 7) is 3.56. The van der Waals surface area contributed by atoms with Crippen LogP contribution in [0.4, 0.5) is 0 Å². The highest BCUT2D eigenvalue weighted by molar-refractivity contribution is 5.94. The predicted molar refractivity (Wildman–Crippen MR) is 140 cm³/mol. The third kappa shape index (κ3) is 10.2. The van der Waals surface area contributed by atoms with E-state index >= 15 is 0 Å². The molecular weight excluding hydrogens is 508 g/mol. The second-order valence-electron chi connectivity index (χ2n) is 9.34. The summed E-state index contributed by atoms with van der Waals surface area (Å²) >= 11 is 0. The van der Waals surface area contributed by atoms with Crippen molar-refractivity contribution in [3.63, 3.8) is 0 Å². The van der Waals surface area contributed by atoms with Gasteiger partial charge in [0.15, 0.2) is 0 Å². The molecule has 0 aliphatic heterocycles. The molecule has 0 saturated carbocycles. The van der Waals surface area contributed by atoms with E-state index in [0.29, 0.717) is 12.1 Å². The zero-order valence-corrected chi connectivity index (χ0v) is 21.9. The summed E-state index contributed by atoms with van der Waals surface area (Å²) in [5.74, 6) is -5.02. The number of aromatic amines is 1. The van der Waals surface area contributed by atoms with Crippen molar-refractivity contribution >= 4 is 29.7 Å². The van der Waals surface area contributed by atoms with E-state index < -0.39 is 60.2 Å². The van der Waals surface area contributed by atoms with Crippen LogP contribution in [0.3, 0.4) is 0 Å². The lowest BCUT2D eigenvalue weighted by molar-refractivity contribution is -0.143. The van der Waals surface area contributed by atoms with Crippen molar-refractivity contribution in [2.45, 2.75) is 70.1 Å². The number of hydrogen-bond donors (Lipinski definition) is 7. The molecule has 212 valence electrons. The molecule has 5 unspecified atom stereocenters. The molecule has 0 saturated heterocycles. The van der Waals surface area contributed by atoms with Gasteiger partial charge >= 0.3 is 11.9 Å². The number of aromatic nitrogens is 2. The molecule has 3 amide bonds. The Labute approximate surface area is 226 Å². The molecule has 2 aromatic rings. The molecule has 13 nitrogen and oxygen atoms in total. The number of carbonyl (C=O) groups excluding carboxylic acids is 3. The monoisotopic (exact) mass is 544 g/mol. The molecule has 0 radical (unpaired) electrons. The number of nitrogens with two attached hydrogens (primary N) is 1. The first-order chi connectivity index (χ1) is 18.5. The lowest BCUT2D eigenvalue weighted by Gasteiger charge is -2.28. The van der Waals surface area contributed by atoms with Crippen LogP contribution in [0, 0.1) is 5.92 Å². The number of amides is 3. The molecule has 2 rings (SSSR count). The fraction of sp³-hybridized carbons (Fsp3) is 0.462. The van der Waals surface area contributed by atoms with Crippen molar-refractivity contribution in [3.8, 4) is 0 Å². The van der Waals surface area contributed by atoms with Crippen LogP contribution in [0.5, 0.6) is 0 Å². The number of carboxylic acids is 2. The van der Waals surface area contributed by atoms with Gasteiger partial charge in [0.1, 0.15) is 18.1 Å². The van der Waals surface area contributed by atoms with Crippen LogP contribution in [0.2, 0.25) is 0 Å². The van der Waals surface area contributed by atoms with Crippen LogP contribution in [0.25, 0.3) is 0 Å². The van der Waals surface area contributed by atoms with Gasteiger partial charge in [-0.05, 0) is 24.3 Å². The van der Waals surface area contributed by atoms with Gasteiger partial charge in [0.05, 0.1) is 12.4 Å². The molecule has 13 heteroatoms. The summed E-state index contributed by atoms with van der Waals surface area (Å²) in [5.41, 5.74) is 7.38. The first-order valence-corrected chi connectivity index (χ1v) is 12.6. The molecule has 1 heterocycles. The summed E-state index contributed by atoms with van der Waals surface area (Å²) in [7, 11) is 0. The Bertz CT molecular complexity index is 1110. The lowest BCUT2D eigenvalue weighted by Crippen LogP contribution is -2.59. The fourth-order valence-corrected chi connectivity index (χ4v) is 3.81. The maximum atomic E-state index is 13.3. The van der Waals surface area contributed by atoms with E-state index in [1.807, 2.05) is 37.3 Å². The van der Waals surface area contributed by atoms with E-state index in [-0.39, 0.29) is 25.2 Å². The van der Waals surface area contributed by atoms with Crippen molar-refractivity contribution in [1.29, 1.82) is 0 Å². The van der Waals surface area contributed by atoms with Gasteiger partial charge in [-0.1, -0.05) is 50.6 Å². The minimum atomic E-state index is -1.36. The van der Waals surface area contributed by atoms with Gasteiger partial charge in [0, 0.05) is 24.7 Å². The largest absolute Gasteiger partial charge is 0.481 e. The Morgan fingerprint density at radius 2 is 1.62 bits per heavy atom. The molecule has 0 aliphatic carbocycles. The Balaban J connectivity index is 2.14. The second-order valence-corrected chi connectivity index (χ2v) is 9.34. The van der Waals surface area contributed by atoms with Crippen LogP contribution in [0.15, 0.2) is 42.9 Å². The molecule has 0 bridgehead atoms. The average Bonchev–Trinajstić information content (AvgIpc) is 3.42. The summed E-state index contributed by atoms with van der Waals surface area (Å²) in [5, 5.41) is 26.2. The number of nitrogens with one attached hydrogen (secondary N) is 4. The molecular formula is C26H36N6O7. The van der Waals surface area contributed by atoms with Crippen molar-refractivity contribution in [2.24, 2.45) is 11.7 Å². The van der Waals surface area contributed by atoms with Gasteiger partial charge in [-0.25, -0.2) is 9.78 Å². The summed E-state index contributed by atoms with van der Waals surface area (Å²) in [4.78, 5) is 68.6. The smallest absolute Gasteiger partial charge is 0.326 e. The number of carboxylic acid groups (broad SMARTS) is 2. The van der Waals surface area contributed by atoms with Crippen molar-refractivity contribution in [3.05, 3.63) is 54.1 Å². The van der Waals surface area contributed by atoms with Crippen molar-refractivity contribution in [1.82, 2.24) is 25.9 Å². The highest BCUT2D eigenvalue weighted by atomic mass is 16.4. The number of nitrogens with zero attached hydrogens (tertiary/aromatic N) is 1. The minimum Gasteiger partial charge on any atom is -0.481 e. The predicted octanol–water partition coefficient (Wildman–Crippen LogP) is -0.0279. The fourth-order valence-electron chi connectivity index (χ4n) is 3.81. The first kappa shape index (κ1) is 31.0. The number of benzene rings is 1. The Kier molecular flexibility index (Phi) is 12.1. The van der Waals surface area contributed by atoms with E-state index in [1.54, 1.807) is 6.92 Å². The van der Waals surface area contributed by atoms with E-state index in [0.717, 1.165) is 5.56 Å². The standard InChI is InChI=1S/C26H36N6O7/c1-3-15(2)22(32-23(35)18(27)11-16-7-5-4-6-8-16)25(37)30-19(9-10-21(33)34)24(36)31-20(26(38)39)12-17-13-28-14-29-17/h4-8,13-15,18-20,22H,3,9-12,27H2,1-2H3,(H,28,29)(H,30,37)(H,31,36)(H,32,35)(H,33,34)(H,38,39). The van der Waals surface area contributed by atoms with E-state index in [1.165, 1.54) is 12.5 Å². The summed E-state index contributed by atoms with van der Waals surface area (Å²) in [6, 6.07) is 4.42. The molecule has 1 aromatic carbocycles. The number of carbonyl (C=O) groups is 5. The van der Waals surface area contributed by atoms with Crippen LogP contribution in [-0.4, -0.2) is 74.0 Å². The van der Waals surface area contributed by atoms with Gasteiger partial charge in [0.25, 0.3) is 0 Å². The van der Waals surface area contributed by atoms with Gasteiger partial charge in [-0.3, -0.25) is 19.2 Å². The quantitative estimate of drug-likeness (QED) is 0.151. The Morgan fingerprint density at radius 1 is 0.949 bits per heavy atom. The van der Waals surface area contributed by atoms with Crippen molar-refractivity contribution in [2.75, 3.05) is 0 Å². The molecule has 1 aromatic heterocycles. The zero-order valence-electron chi connectivity index (χ0n) is 21.9. The molecule has 0 spiro atoms. The molecule has 0 fully saturated rings. The van der Waals surface area contributed by atoms with Crippen LogP contribution in [0.1, 0.15) is 44.4 Å². The van der Waals surface area contributed by atoms with Gasteiger partial charge in [0.2, 0.25) is 17.7 Å². The first-order valence-electron chi connectivity index (χ1n) is 12.6. The SMILES string of the molecule is CCC(C)C(NC(=O)C(N)Cc1ccccc1)C(=O)NC(CCC(=O)O)C(=O)NC(Cc1cnc[nH]1)C(=O)O. The minimum absolute atomic E-state index is 0.106. The van der Waals surface area contributed by atoms with E-state index in [2.05, 4.69) is 25.9 Å². The van der Waals surface area contributed by atoms with Crippen LogP contribution < -0.4 is 21.7 Å². The number of hydrogen-bond acceptors (Lipinski definition) is 7. The van der Waals surface area contributed by atoms with Gasteiger partial charge < -0.3 is 36.9 Å². The number of rotatable bonds is 16. The summed E-state index contributed by atoms with van der Waals surface area (Å²) < 4.78 is 0. The second kappa shape index (κ2) is 15.2. The number of imidazole rings is 1. The molecule has 8 N–H and O–H groups in total. The normalized spacial score (nSPS) is 14.7. The Hall–Kier alpha value is -4.26. The maximum absolute atomic E-state index is 13.3. The highest BCUT2D eigenvalue weighted by Gasteiger charge is 2.33. The van der Waals surface area contributed by atoms with Crippen LogP contribution in [-0.2, 0) is 36.8 Å². The third-order valence-electron chi connectivity index (χ3n) is 6.30. The molecule has 39 heavy (non-hydrogen) atoms.